The van der Waals surface area contributed by atoms with Crippen LogP contribution >= 0.6 is 23.4 Å². The number of carbonyl (C=O) groups excluding carboxylic acids is 1. The summed E-state index contributed by atoms with van der Waals surface area (Å²) >= 11 is 7.30. The van der Waals surface area contributed by atoms with E-state index in [1.165, 1.54) is 11.8 Å². The zero-order valence-corrected chi connectivity index (χ0v) is 18.0. The molecule has 0 spiro atoms. The first-order valence-corrected chi connectivity index (χ1v) is 10.7. The molecule has 1 N–H and O–H groups in total. The van der Waals surface area contributed by atoms with E-state index >= 15 is 0 Å². The van der Waals surface area contributed by atoms with E-state index in [0.717, 1.165) is 35.7 Å². The predicted octanol–water partition coefficient (Wildman–Crippen LogP) is 4.32. The number of halogens is 1. The lowest BCUT2D eigenvalue weighted by Gasteiger charge is -2.22. The number of nitrogens with one attached hydrogen (secondary N) is 1. The molecule has 6 nitrogen and oxygen atoms in total. The third-order valence-electron chi connectivity index (χ3n) is 4.37. The summed E-state index contributed by atoms with van der Waals surface area (Å²) in [6.45, 7) is 6.48. The Balaban J connectivity index is 1.81. The Morgan fingerprint density at radius 1 is 1.21 bits per heavy atom. The largest absolute Gasteiger partial charge is 0.488 e. The Kier molecular flexibility index (Phi) is 7.55. The van der Waals surface area contributed by atoms with E-state index in [-0.39, 0.29) is 5.91 Å². The summed E-state index contributed by atoms with van der Waals surface area (Å²) < 4.78 is 6.10. The van der Waals surface area contributed by atoms with Gasteiger partial charge in [-0.15, -0.1) is 5.10 Å². The van der Waals surface area contributed by atoms with Crippen LogP contribution in [0.5, 0.6) is 5.75 Å². The van der Waals surface area contributed by atoms with Crippen molar-refractivity contribution in [1.29, 1.82) is 0 Å². The van der Waals surface area contributed by atoms with E-state index in [9.17, 15) is 4.79 Å². The zero-order chi connectivity index (χ0) is 20.6. The fourth-order valence-electron chi connectivity index (χ4n) is 2.80. The molecule has 1 aliphatic rings. The molecule has 0 bridgehead atoms. The lowest BCUT2D eigenvalue weighted by atomic mass is 10.1. The normalized spacial score (nSPS) is 15.1. The van der Waals surface area contributed by atoms with Crippen LogP contribution in [-0.2, 0) is 11.4 Å². The van der Waals surface area contributed by atoms with Crippen LogP contribution < -0.4 is 15.0 Å². The van der Waals surface area contributed by atoms with Crippen LogP contribution in [0.1, 0.15) is 25.0 Å². The van der Waals surface area contributed by atoms with Crippen LogP contribution in [0.15, 0.2) is 52.7 Å². The van der Waals surface area contributed by atoms with E-state index in [1.807, 2.05) is 42.5 Å². The monoisotopic (exact) mass is 430 g/mol. The molecule has 1 fully saturated rings. The molecular weight excluding hydrogens is 408 g/mol. The average molecular weight is 431 g/mol. The molecule has 1 amide bonds. The number of thioether (sulfide) groups is 1. The minimum atomic E-state index is -0.0560. The first kappa shape index (κ1) is 21.2. The molecule has 152 valence electrons. The smallest absolute Gasteiger partial charge is 0.236 e. The maximum Gasteiger partial charge on any atom is 0.236 e. The van der Waals surface area contributed by atoms with Gasteiger partial charge in [0.05, 0.1) is 12.0 Å². The highest BCUT2D eigenvalue weighted by Crippen LogP contribution is 2.26. The van der Waals surface area contributed by atoms with Crippen LogP contribution in [0.4, 0.5) is 5.69 Å². The fraction of sp³-hybridized carbons (Fsp3) is 0.286. The minimum Gasteiger partial charge on any atom is -0.488 e. The number of amidine groups is 1. The standard InChI is InChI=1S/C21H23ClN4O2S/c1-3-26(4-2)18-10-7-16(12-23-25-21-24-20(27)14-29-21)19(11-18)28-13-15-5-8-17(22)9-6-15/h5-12H,3-4,13-14H2,1-2H3,(H,24,25,27)/b23-12+. The van der Waals surface area contributed by atoms with Gasteiger partial charge in [0.25, 0.3) is 0 Å². The van der Waals surface area contributed by atoms with Gasteiger partial charge in [-0.1, -0.05) is 35.5 Å². The zero-order valence-electron chi connectivity index (χ0n) is 16.4. The molecule has 1 saturated heterocycles. The first-order chi connectivity index (χ1) is 14.1. The summed E-state index contributed by atoms with van der Waals surface area (Å²) in [5, 5.41) is 12.0. The molecule has 1 aliphatic heterocycles. The second kappa shape index (κ2) is 10.3. The Labute approximate surface area is 180 Å². The summed E-state index contributed by atoms with van der Waals surface area (Å²) in [7, 11) is 0. The number of hydrogen-bond acceptors (Lipinski definition) is 6. The van der Waals surface area contributed by atoms with Gasteiger partial charge < -0.3 is 15.0 Å². The molecule has 2 aromatic rings. The summed E-state index contributed by atoms with van der Waals surface area (Å²) in [4.78, 5) is 13.5. The van der Waals surface area contributed by atoms with Crippen molar-refractivity contribution >= 4 is 46.3 Å². The minimum absolute atomic E-state index is 0.0560. The SMILES string of the molecule is CCN(CC)c1ccc(/C=N/N=C2/NC(=O)CS2)c(OCc2ccc(Cl)cc2)c1. The number of carbonyl (C=O) groups is 1. The van der Waals surface area contributed by atoms with Gasteiger partial charge in [-0.2, -0.15) is 5.10 Å². The highest BCUT2D eigenvalue weighted by atomic mass is 35.5. The Hall–Kier alpha value is -2.51. The molecule has 1 heterocycles. The van der Waals surface area contributed by atoms with Gasteiger partial charge in [-0.3, -0.25) is 4.79 Å². The number of ether oxygens (including phenoxy) is 1. The van der Waals surface area contributed by atoms with E-state index in [0.29, 0.717) is 22.6 Å². The van der Waals surface area contributed by atoms with Gasteiger partial charge in [-0.25, -0.2) is 0 Å². The molecule has 0 aromatic heterocycles. The second-order valence-electron chi connectivity index (χ2n) is 6.30. The summed E-state index contributed by atoms with van der Waals surface area (Å²) in [6, 6.07) is 13.6. The van der Waals surface area contributed by atoms with Gasteiger partial charge in [-0.05, 0) is 43.7 Å². The number of benzene rings is 2. The van der Waals surface area contributed by atoms with Crippen molar-refractivity contribution in [1.82, 2.24) is 5.32 Å². The maximum atomic E-state index is 11.2. The number of rotatable bonds is 8. The quantitative estimate of drug-likeness (QED) is 0.500. The van der Waals surface area contributed by atoms with Crippen LogP contribution in [0.2, 0.25) is 5.02 Å². The van der Waals surface area contributed by atoms with Gasteiger partial charge in [0, 0.05) is 35.4 Å². The van der Waals surface area contributed by atoms with Crippen molar-refractivity contribution in [2.75, 3.05) is 23.7 Å². The van der Waals surface area contributed by atoms with Crippen molar-refractivity contribution < 1.29 is 9.53 Å². The molecule has 0 atom stereocenters. The maximum absolute atomic E-state index is 11.2. The number of anilines is 1. The van der Waals surface area contributed by atoms with Crippen LogP contribution in [0, 0.1) is 0 Å². The van der Waals surface area contributed by atoms with Gasteiger partial charge in [0.15, 0.2) is 5.17 Å². The van der Waals surface area contributed by atoms with Gasteiger partial charge >= 0.3 is 0 Å². The lowest BCUT2D eigenvalue weighted by Crippen LogP contribution is -2.21. The molecule has 8 heteroatoms. The van der Waals surface area contributed by atoms with E-state index in [1.54, 1.807) is 6.21 Å². The highest BCUT2D eigenvalue weighted by Gasteiger charge is 2.16. The van der Waals surface area contributed by atoms with E-state index < -0.39 is 0 Å². The Morgan fingerprint density at radius 2 is 1.97 bits per heavy atom. The predicted molar refractivity (Wildman–Crippen MR) is 121 cm³/mol. The van der Waals surface area contributed by atoms with Crippen LogP contribution in [0.25, 0.3) is 0 Å². The molecule has 3 rings (SSSR count). The third kappa shape index (κ3) is 5.98. The lowest BCUT2D eigenvalue weighted by molar-refractivity contribution is -0.116. The molecule has 0 saturated carbocycles. The van der Waals surface area contributed by atoms with E-state index in [2.05, 4.69) is 34.3 Å². The van der Waals surface area contributed by atoms with Crippen molar-refractivity contribution in [3.05, 3.63) is 58.6 Å². The number of nitrogens with zero attached hydrogens (tertiary/aromatic N) is 3. The van der Waals surface area contributed by atoms with E-state index in [4.69, 9.17) is 16.3 Å². The summed E-state index contributed by atoms with van der Waals surface area (Å²) in [5.74, 6) is 1.04. The van der Waals surface area contributed by atoms with Gasteiger partial charge in [0.2, 0.25) is 5.91 Å². The molecule has 0 radical (unpaired) electrons. The van der Waals surface area contributed by atoms with Crippen molar-refractivity contribution in [3.8, 4) is 5.75 Å². The number of hydrogen-bond donors (Lipinski definition) is 1. The highest BCUT2D eigenvalue weighted by molar-refractivity contribution is 8.15. The average Bonchev–Trinajstić information content (AvgIpc) is 3.14. The van der Waals surface area contributed by atoms with Crippen LogP contribution in [0.3, 0.4) is 0 Å². The van der Waals surface area contributed by atoms with Crippen molar-refractivity contribution in [3.63, 3.8) is 0 Å². The molecule has 0 aliphatic carbocycles. The molecular formula is C21H23ClN4O2S. The second-order valence-corrected chi connectivity index (χ2v) is 7.70. The Bertz CT molecular complexity index is 911. The summed E-state index contributed by atoms with van der Waals surface area (Å²) in [6.07, 6.45) is 1.64. The van der Waals surface area contributed by atoms with Crippen LogP contribution in [-0.4, -0.2) is 36.1 Å². The van der Waals surface area contributed by atoms with Crippen molar-refractivity contribution in [2.24, 2.45) is 10.2 Å². The molecule has 2 aromatic carbocycles. The Morgan fingerprint density at radius 3 is 2.62 bits per heavy atom. The fourth-order valence-corrected chi connectivity index (χ4v) is 3.56. The summed E-state index contributed by atoms with van der Waals surface area (Å²) in [5.41, 5.74) is 2.92. The first-order valence-electron chi connectivity index (χ1n) is 9.39. The molecule has 0 unspecified atom stereocenters. The van der Waals surface area contributed by atoms with Gasteiger partial charge in [0.1, 0.15) is 12.4 Å². The topological polar surface area (TPSA) is 66.3 Å². The number of amides is 1. The molecule has 29 heavy (non-hydrogen) atoms. The third-order valence-corrected chi connectivity index (χ3v) is 5.48. The van der Waals surface area contributed by atoms with Crippen molar-refractivity contribution in [2.45, 2.75) is 20.5 Å².